The summed E-state index contributed by atoms with van der Waals surface area (Å²) in [6.07, 6.45) is 0. The van der Waals surface area contributed by atoms with Gasteiger partial charge in [-0.25, -0.2) is 9.37 Å². The molecule has 1 aromatic heterocycles. The van der Waals surface area contributed by atoms with Crippen LogP contribution in [0.5, 0.6) is 5.19 Å². The maximum absolute atomic E-state index is 13.5. The van der Waals surface area contributed by atoms with Crippen LogP contribution in [-0.2, 0) is 6.61 Å². The van der Waals surface area contributed by atoms with Crippen molar-refractivity contribution in [1.29, 1.82) is 0 Å². The van der Waals surface area contributed by atoms with Crippen molar-refractivity contribution in [1.82, 2.24) is 4.98 Å². The van der Waals surface area contributed by atoms with E-state index in [0.717, 1.165) is 0 Å². The largest absolute Gasteiger partial charge is 0.473 e. The molecule has 2 rings (SSSR count). The van der Waals surface area contributed by atoms with E-state index in [2.05, 4.69) is 4.98 Å². The predicted octanol–water partition coefficient (Wildman–Crippen LogP) is 2.45. The van der Waals surface area contributed by atoms with Crippen LogP contribution in [0.4, 0.5) is 4.39 Å². The zero-order chi connectivity index (χ0) is 11.5. The first-order valence-corrected chi connectivity index (χ1v) is 5.47. The van der Waals surface area contributed by atoms with Gasteiger partial charge in [-0.2, -0.15) is 0 Å². The molecule has 1 heterocycles. The van der Waals surface area contributed by atoms with Crippen molar-refractivity contribution in [3.63, 3.8) is 0 Å². The Morgan fingerprint density at radius 2 is 2.19 bits per heavy atom. The second kappa shape index (κ2) is 4.59. The summed E-state index contributed by atoms with van der Waals surface area (Å²) in [6, 6.07) is 6.33. The van der Waals surface area contributed by atoms with E-state index in [-0.39, 0.29) is 12.4 Å². The van der Waals surface area contributed by atoms with Gasteiger partial charge in [-0.05, 0) is 12.1 Å². The number of halogens is 1. The molecule has 84 valence electrons. The van der Waals surface area contributed by atoms with Gasteiger partial charge in [0.05, 0.1) is 24.3 Å². The molecule has 0 amide bonds. The molecule has 16 heavy (non-hydrogen) atoms. The summed E-state index contributed by atoms with van der Waals surface area (Å²) in [5.74, 6) is -0.356. The molecule has 5 heteroatoms. The Morgan fingerprint density at radius 3 is 2.81 bits per heavy atom. The quantitative estimate of drug-likeness (QED) is 0.894. The average Bonchev–Trinajstić information content (AvgIpc) is 2.72. The highest BCUT2D eigenvalue weighted by Gasteiger charge is 2.15. The molecule has 0 saturated heterocycles. The van der Waals surface area contributed by atoms with Crippen molar-refractivity contribution in [3.05, 3.63) is 35.0 Å². The molecule has 0 saturated carbocycles. The van der Waals surface area contributed by atoms with Gasteiger partial charge in [-0.15, -0.1) is 0 Å². The third-order valence-corrected chi connectivity index (χ3v) is 3.13. The van der Waals surface area contributed by atoms with Gasteiger partial charge in [-0.3, -0.25) is 0 Å². The van der Waals surface area contributed by atoms with Crippen molar-refractivity contribution in [3.8, 4) is 16.5 Å². The van der Waals surface area contributed by atoms with E-state index < -0.39 is 0 Å². The van der Waals surface area contributed by atoms with Crippen LogP contribution >= 0.6 is 11.3 Å². The number of methoxy groups -OCH3 is 1. The number of hydrogen-bond donors (Lipinski definition) is 1. The van der Waals surface area contributed by atoms with E-state index >= 15 is 0 Å². The lowest BCUT2D eigenvalue weighted by molar-refractivity contribution is 0.286. The van der Waals surface area contributed by atoms with Crippen LogP contribution in [0, 0.1) is 5.82 Å². The van der Waals surface area contributed by atoms with Gasteiger partial charge >= 0.3 is 0 Å². The lowest BCUT2D eigenvalue weighted by atomic mass is 10.1. The molecule has 0 aliphatic carbocycles. The van der Waals surface area contributed by atoms with Crippen molar-refractivity contribution >= 4 is 11.3 Å². The van der Waals surface area contributed by atoms with Crippen molar-refractivity contribution in [2.45, 2.75) is 6.61 Å². The fraction of sp³-hybridized carbons (Fsp3) is 0.182. The smallest absolute Gasteiger partial charge is 0.273 e. The van der Waals surface area contributed by atoms with Crippen LogP contribution < -0.4 is 4.74 Å². The molecule has 0 unspecified atom stereocenters. The molecular weight excluding hydrogens is 229 g/mol. The van der Waals surface area contributed by atoms with E-state index in [9.17, 15) is 9.50 Å². The van der Waals surface area contributed by atoms with E-state index in [1.807, 2.05) is 0 Å². The highest BCUT2D eigenvalue weighted by molar-refractivity contribution is 7.13. The van der Waals surface area contributed by atoms with Crippen LogP contribution in [0.2, 0.25) is 0 Å². The molecule has 1 N–H and O–H groups in total. The Labute approximate surface area is 96.2 Å². The third-order valence-electron chi connectivity index (χ3n) is 2.12. The number of rotatable bonds is 3. The first-order valence-electron chi connectivity index (χ1n) is 4.65. The fourth-order valence-corrected chi connectivity index (χ4v) is 2.14. The zero-order valence-electron chi connectivity index (χ0n) is 8.61. The van der Waals surface area contributed by atoms with Gasteiger partial charge in [0.15, 0.2) is 0 Å². The second-order valence-corrected chi connectivity index (χ2v) is 4.14. The number of thiazole rings is 1. The van der Waals surface area contributed by atoms with E-state index in [4.69, 9.17) is 4.74 Å². The van der Waals surface area contributed by atoms with Gasteiger partial charge in [0, 0.05) is 5.56 Å². The molecule has 0 aliphatic heterocycles. The highest BCUT2D eigenvalue weighted by Crippen LogP contribution is 2.33. The molecule has 0 bridgehead atoms. The number of benzene rings is 1. The maximum Gasteiger partial charge on any atom is 0.273 e. The van der Waals surface area contributed by atoms with Crippen LogP contribution in [0.25, 0.3) is 11.3 Å². The summed E-state index contributed by atoms with van der Waals surface area (Å²) in [5.41, 5.74) is 0.827. The van der Waals surface area contributed by atoms with Gasteiger partial charge in [0.25, 0.3) is 5.19 Å². The lowest BCUT2D eigenvalue weighted by Gasteiger charge is -2.00. The first kappa shape index (κ1) is 11.0. The number of aliphatic hydroxyl groups is 1. The van der Waals surface area contributed by atoms with Crippen LogP contribution in [0.1, 0.15) is 4.88 Å². The number of hydrogen-bond acceptors (Lipinski definition) is 4. The first-order chi connectivity index (χ1) is 7.76. The maximum atomic E-state index is 13.5. The Balaban J connectivity index is 2.54. The van der Waals surface area contributed by atoms with Gasteiger partial charge in [0.1, 0.15) is 5.82 Å². The van der Waals surface area contributed by atoms with Crippen molar-refractivity contribution in [2.24, 2.45) is 0 Å². The number of aromatic nitrogens is 1. The zero-order valence-corrected chi connectivity index (χ0v) is 9.42. The van der Waals surface area contributed by atoms with E-state index in [0.29, 0.717) is 21.3 Å². The topological polar surface area (TPSA) is 42.4 Å². The summed E-state index contributed by atoms with van der Waals surface area (Å²) in [6.45, 7) is -0.176. The molecule has 0 atom stereocenters. The Hall–Kier alpha value is -1.46. The van der Waals surface area contributed by atoms with Gasteiger partial charge < -0.3 is 9.84 Å². The number of ether oxygens (including phenoxy) is 1. The molecular formula is C11H10FNO2S. The molecule has 1 aromatic carbocycles. The highest BCUT2D eigenvalue weighted by atomic mass is 32.1. The van der Waals surface area contributed by atoms with Crippen LogP contribution in [0.3, 0.4) is 0 Å². The summed E-state index contributed by atoms with van der Waals surface area (Å²) in [5, 5.41) is 9.59. The van der Waals surface area contributed by atoms with Crippen molar-refractivity contribution < 1.29 is 14.2 Å². The number of nitrogens with zero attached hydrogens (tertiary/aromatic N) is 1. The van der Waals surface area contributed by atoms with Gasteiger partial charge in [0.2, 0.25) is 0 Å². The normalized spacial score (nSPS) is 10.4. The lowest BCUT2D eigenvalue weighted by Crippen LogP contribution is -1.89. The summed E-state index contributed by atoms with van der Waals surface area (Å²) in [4.78, 5) is 4.73. The molecule has 0 fully saturated rings. The molecule has 2 aromatic rings. The Bertz CT molecular complexity index is 498. The summed E-state index contributed by atoms with van der Waals surface area (Å²) >= 11 is 1.21. The Morgan fingerprint density at radius 1 is 1.44 bits per heavy atom. The van der Waals surface area contributed by atoms with Crippen LogP contribution in [-0.4, -0.2) is 17.2 Å². The van der Waals surface area contributed by atoms with Crippen LogP contribution in [0.15, 0.2) is 24.3 Å². The fourth-order valence-electron chi connectivity index (χ4n) is 1.39. The van der Waals surface area contributed by atoms with Gasteiger partial charge in [-0.1, -0.05) is 23.5 Å². The SMILES string of the molecule is COc1nc(-c2ccccc2F)c(CO)s1. The molecule has 3 nitrogen and oxygen atoms in total. The molecule has 0 radical (unpaired) electrons. The summed E-state index contributed by atoms with van der Waals surface area (Å²) in [7, 11) is 1.49. The predicted molar refractivity (Wildman–Crippen MR) is 60.0 cm³/mol. The Kier molecular flexibility index (Phi) is 3.17. The minimum atomic E-state index is -0.356. The standard InChI is InChI=1S/C11H10FNO2S/c1-15-11-13-10(9(6-14)16-11)7-4-2-3-5-8(7)12/h2-5,14H,6H2,1H3. The van der Waals surface area contributed by atoms with E-state index in [1.165, 1.54) is 24.5 Å². The number of aliphatic hydroxyl groups excluding tert-OH is 1. The molecule has 0 spiro atoms. The summed E-state index contributed by atoms with van der Waals surface area (Å²) < 4.78 is 18.5. The van der Waals surface area contributed by atoms with Crippen molar-refractivity contribution in [2.75, 3.05) is 7.11 Å². The minimum Gasteiger partial charge on any atom is -0.473 e. The average molecular weight is 239 g/mol. The molecule has 0 aliphatic rings. The third kappa shape index (κ3) is 1.91. The minimum absolute atomic E-state index is 0.176. The monoisotopic (exact) mass is 239 g/mol. The van der Waals surface area contributed by atoms with E-state index in [1.54, 1.807) is 18.2 Å². The second-order valence-electron chi connectivity index (χ2n) is 3.09.